The number of rotatable bonds is 5. The molecule has 0 N–H and O–H groups in total. The molecule has 0 bridgehead atoms. The van der Waals surface area contributed by atoms with Gasteiger partial charge in [0, 0.05) is 34.5 Å². The second-order valence-electron chi connectivity index (χ2n) is 13.3. The van der Waals surface area contributed by atoms with Crippen LogP contribution >= 0.6 is 0 Å². The molecule has 0 saturated carbocycles. The van der Waals surface area contributed by atoms with Gasteiger partial charge in [-0.1, -0.05) is 147 Å². The lowest BCUT2D eigenvalue weighted by Gasteiger charge is -2.21. The Kier molecular flexibility index (Phi) is 6.80. The van der Waals surface area contributed by atoms with E-state index in [9.17, 15) is 0 Å². The molecule has 0 fully saturated rings. The summed E-state index contributed by atoms with van der Waals surface area (Å²) < 4.78 is 0. The van der Waals surface area contributed by atoms with Crippen molar-refractivity contribution in [3.8, 4) is 67.3 Å². The fourth-order valence-electron chi connectivity index (χ4n) is 7.44. The second-order valence-corrected chi connectivity index (χ2v) is 13.3. The average molecular weight is 628 g/mol. The van der Waals surface area contributed by atoms with Crippen LogP contribution in [0, 0.1) is 0 Å². The van der Waals surface area contributed by atoms with Crippen LogP contribution in [0.5, 0.6) is 0 Å². The quantitative estimate of drug-likeness (QED) is 0.191. The standard InChI is InChI=1S/C46H33N3/c1-46(2)39-16-8-15-38(43(39)44-37-14-7-6-12-32(37)25-26-40(44)46)33-19-21-34(22-20-33)41-28-42(36-13-9-27-47-29-36)49-45(48-41)35-23-17-31(18-24-35)30-10-4-3-5-11-30/h3-29H,1-2H3. The molecule has 0 aliphatic heterocycles. The predicted molar refractivity (Wildman–Crippen MR) is 202 cm³/mol. The first kappa shape index (κ1) is 29.0. The molecule has 0 saturated heterocycles. The Morgan fingerprint density at radius 3 is 1.86 bits per heavy atom. The molecule has 3 heteroatoms. The van der Waals surface area contributed by atoms with Gasteiger partial charge < -0.3 is 0 Å². The Balaban J connectivity index is 1.14. The first-order valence-electron chi connectivity index (χ1n) is 16.8. The van der Waals surface area contributed by atoms with Crippen LogP contribution in [-0.4, -0.2) is 15.0 Å². The van der Waals surface area contributed by atoms with Crippen molar-refractivity contribution >= 4 is 10.8 Å². The minimum absolute atomic E-state index is 0.0794. The zero-order chi connectivity index (χ0) is 33.0. The van der Waals surface area contributed by atoms with E-state index in [1.165, 1.54) is 49.7 Å². The number of fused-ring (bicyclic) bond motifs is 5. The van der Waals surface area contributed by atoms with Crippen molar-refractivity contribution in [1.29, 1.82) is 0 Å². The fraction of sp³-hybridized carbons (Fsp3) is 0.0652. The monoisotopic (exact) mass is 627 g/mol. The van der Waals surface area contributed by atoms with Crippen LogP contribution in [0.25, 0.3) is 78.1 Å². The molecule has 1 aliphatic carbocycles. The first-order chi connectivity index (χ1) is 24.0. The summed E-state index contributed by atoms with van der Waals surface area (Å²) in [6, 6.07) is 54.0. The van der Waals surface area contributed by atoms with E-state index < -0.39 is 0 Å². The number of benzene rings is 6. The van der Waals surface area contributed by atoms with Gasteiger partial charge in [0.2, 0.25) is 0 Å². The fourth-order valence-corrected chi connectivity index (χ4v) is 7.44. The number of hydrogen-bond donors (Lipinski definition) is 0. The molecule has 0 radical (unpaired) electrons. The molecular weight excluding hydrogens is 595 g/mol. The van der Waals surface area contributed by atoms with E-state index in [1.54, 1.807) is 6.20 Å². The third-order valence-electron chi connectivity index (χ3n) is 10.0. The van der Waals surface area contributed by atoms with E-state index in [4.69, 9.17) is 9.97 Å². The number of pyridine rings is 1. The highest BCUT2D eigenvalue weighted by atomic mass is 14.9. The van der Waals surface area contributed by atoms with Gasteiger partial charge in [0.25, 0.3) is 0 Å². The molecule has 1 aliphatic rings. The lowest BCUT2D eigenvalue weighted by Crippen LogP contribution is -2.14. The molecule has 3 nitrogen and oxygen atoms in total. The average Bonchev–Trinajstić information content (AvgIpc) is 3.42. The van der Waals surface area contributed by atoms with Gasteiger partial charge in [0.15, 0.2) is 5.82 Å². The van der Waals surface area contributed by atoms with E-state index in [-0.39, 0.29) is 5.41 Å². The summed E-state index contributed by atoms with van der Waals surface area (Å²) in [6.07, 6.45) is 3.65. The van der Waals surface area contributed by atoms with E-state index >= 15 is 0 Å². The largest absolute Gasteiger partial charge is 0.264 e. The predicted octanol–water partition coefficient (Wildman–Crippen LogP) is 11.7. The van der Waals surface area contributed by atoms with Crippen LogP contribution in [0.1, 0.15) is 25.0 Å². The molecule has 0 atom stereocenters. The van der Waals surface area contributed by atoms with Gasteiger partial charge in [-0.3, -0.25) is 4.98 Å². The second kappa shape index (κ2) is 11.5. The molecule has 232 valence electrons. The number of hydrogen-bond acceptors (Lipinski definition) is 3. The maximum Gasteiger partial charge on any atom is 0.160 e. The molecule has 6 aromatic carbocycles. The van der Waals surface area contributed by atoms with Gasteiger partial charge in [0.1, 0.15) is 0 Å². The third kappa shape index (κ3) is 4.94. The van der Waals surface area contributed by atoms with Gasteiger partial charge in [-0.05, 0) is 73.5 Å². The number of aromatic nitrogens is 3. The van der Waals surface area contributed by atoms with Crippen molar-refractivity contribution < 1.29 is 0 Å². The van der Waals surface area contributed by atoms with Gasteiger partial charge in [-0.15, -0.1) is 0 Å². The topological polar surface area (TPSA) is 38.7 Å². The molecule has 0 spiro atoms. The zero-order valence-corrected chi connectivity index (χ0v) is 27.4. The van der Waals surface area contributed by atoms with Crippen LogP contribution in [-0.2, 0) is 5.41 Å². The summed E-state index contributed by atoms with van der Waals surface area (Å²) in [7, 11) is 0. The summed E-state index contributed by atoms with van der Waals surface area (Å²) in [5, 5.41) is 2.58. The summed E-state index contributed by atoms with van der Waals surface area (Å²) in [5.74, 6) is 0.687. The Morgan fingerprint density at radius 1 is 0.449 bits per heavy atom. The minimum atomic E-state index is -0.0794. The summed E-state index contributed by atoms with van der Waals surface area (Å²) in [5.41, 5.74) is 14.9. The normalized spacial score (nSPS) is 12.9. The van der Waals surface area contributed by atoms with Crippen molar-refractivity contribution in [2.24, 2.45) is 0 Å². The molecule has 9 rings (SSSR count). The highest BCUT2D eigenvalue weighted by Crippen LogP contribution is 2.54. The van der Waals surface area contributed by atoms with Crippen molar-refractivity contribution in [1.82, 2.24) is 15.0 Å². The van der Waals surface area contributed by atoms with Crippen LogP contribution in [0.15, 0.2) is 164 Å². The SMILES string of the molecule is CC1(C)c2cccc(-c3ccc(-c4cc(-c5cccnc5)nc(-c5ccc(-c6ccccc6)cc5)n4)cc3)c2-c2c1ccc1ccccc21. The highest BCUT2D eigenvalue weighted by Gasteiger charge is 2.37. The molecule has 0 unspecified atom stereocenters. The zero-order valence-electron chi connectivity index (χ0n) is 27.4. The van der Waals surface area contributed by atoms with Gasteiger partial charge in [0.05, 0.1) is 11.4 Å². The maximum absolute atomic E-state index is 5.11. The Hall–Kier alpha value is -6.19. The lowest BCUT2D eigenvalue weighted by molar-refractivity contribution is 0.661. The molecule has 8 aromatic rings. The van der Waals surface area contributed by atoms with Crippen LogP contribution in [0.2, 0.25) is 0 Å². The van der Waals surface area contributed by atoms with Crippen LogP contribution in [0.4, 0.5) is 0 Å². The minimum Gasteiger partial charge on any atom is -0.264 e. The van der Waals surface area contributed by atoms with Gasteiger partial charge >= 0.3 is 0 Å². The van der Waals surface area contributed by atoms with E-state index in [2.05, 4.69) is 152 Å². The summed E-state index contributed by atoms with van der Waals surface area (Å²) in [4.78, 5) is 14.5. The van der Waals surface area contributed by atoms with Crippen molar-refractivity contribution in [3.63, 3.8) is 0 Å². The number of nitrogens with zero attached hydrogens (tertiary/aromatic N) is 3. The highest BCUT2D eigenvalue weighted by molar-refractivity contribution is 6.06. The molecular formula is C46H33N3. The Morgan fingerprint density at radius 2 is 1.08 bits per heavy atom. The molecule has 0 amide bonds. The summed E-state index contributed by atoms with van der Waals surface area (Å²) >= 11 is 0. The van der Waals surface area contributed by atoms with Crippen LogP contribution < -0.4 is 0 Å². The lowest BCUT2D eigenvalue weighted by atomic mass is 9.81. The van der Waals surface area contributed by atoms with E-state index in [0.717, 1.165) is 33.6 Å². The molecule has 2 heterocycles. The van der Waals surface area contributed by atoms with Crippen LogP contribution in [0.3, 0.4) is 0 Å². The molecule has 49 heavy (non-hydrogen) atoms. The smallest absolute Gasteiger partial charge is 0.160 e. The maximum atomic E-state index is 5.11. The van der Waals surface area contributed by atoms with Gasteiger partial charge in [-0.2, -0.15) is 0 Å². The third-order valence-corrected chi connectivity index (χ3v) is 10.0. The Labute approximate surface area is 286 Å². The van der Waals surface area contributed by atoms with Crippen molar-refractivity contribution in [2.45, 2.75) is 19.3 Å². The first-order valence-corrected chi connectivity index (χ1v) is 16.8. The van der Waals surface area contributed by atoms with Crippen molar-refractivity contribution in [3.05, 3.63) is 175 Å². The van der Waals surface area contributed by atoms with E-state index in [0.29, 0.717) is 5.82 Å². The van der Waals surface area contributed by atoms with Gasteiger partial charge in [-0.25, -0.2) is 9.97 Å². The molecule has 2 aromatic heterocycles. The summed E-state index contributed by atoms with van der Waals surface area (Å²) in [6.45, 7) is 4.70. The van der Waals surface area contributed by atoms with Crippen molar-refractivity contribution in [2.75, 3.05) is 0 Å². The van der Waals surface area contributed by atoms with E-state index in [1.807, 2.05) is 24.4 Å². The Bertz CT molecular complexity index is 2480.